The number of likely N-dealkylation sites (tertiary alicyclic amines) is 1. The van der Waals surface area contributed by atoms with Gasteiger partial charge < -0.3 is 5.32 Å². The maximum atomic E-state index is 13.5. The number of piperidine rings is 1. The van der Waals surface area contributed by atoms with Gasteiger partial charge >= 0.3 is 0 Å². The van der Waals surface area contributed by atoms with Crippen LogP contribution in [-0.2, 0) is 23.2 Å². The molecular formula is C27H28FN3O. The average molecular weight is 430 g/mol. The molecule has 1 aromatic heterocycles. The molecular weight excluding hydrogens is 401 g/mol. The van der Waals surface area contributed by atoms with Crippen molar-refractivity contribution < 1.29 is 9.18 Å². The van der Waals surface area contributed by atoms with Crippen molar-refractivity contribution in [3.63, 3.8) is 0 Å². The van der Waals surface area contributed by atoms with Crippen molar-refractivity contribution in [2.75, 3.05) is 13.1 Å². The van der Waals surface area contributed by atoms with Gasteiger partial charge in [-0.2, -0.15) is 0 Å². The Morgan fingerprint density at radius 1 is 1.06 bits per heavy atom. The van der Waals surface area contributed by atoms with Gasteiger partial charge in [0, 0.05) is 24.4 Å². The fourth-order valence-electron chi connectivity index (χ4n) is 5.46. The van der Waals surface area contributed by atoms with Crippen LogP contribution in [0.25, 0.3) is 0 Å². The lowest BCUT2D eigenvalue weighted by Gasteiger charge is -2.40. The highest BCUT2D eigenvalue weighted by molar-refractivity contribution is 5.79. The summed E-state index contributed by atoms with van der Waals surface area (Å²) in [6.07, 6.45) is 7.05. The zero-order valence-electron chi connectivity index (χ0n) is 18.1. The minimum absolute atomic E-state index is 0.0112. The van der Waals surface area contributed by atoms with E-state index in [-0.39, 0.29) is 29.6 Å². The highest BCUT2D eigenvalue weighted by atomic mass is 19.1. The number of amides is 1. The number of carbonyl (C=O) groups is 1. The van der Waals surface area contributed by atoms with Crippen molar-refractivity contribution >= 4 is 5.91 Å². The predicted molar refractivity (Wildman–Crippen MR) is 122 cm³/mol. The Labute approximate surface area is 188 Å². The molecule has 0 bridgehead atoms. The zero-order chi connectivity index (χ0) is 22.0. The normalized spacial score (nSPS) is 19.6. The van der Waals surface area contributed by atoms with E-state index in [1.54, 1.807) is 12.1 Å². The first-order chi connectivity index (χ1) is 15.6. The molecule has 5 rings (SSSR count). The maximum absolute atomic E-state index is 13.5. The molecule has 1 amide bonds. The molecule has 1 saturated heterocycles. The second-order valence-electron chi connectivity index (χ2n) is 9.14. The van der Waals surface area contributed by atoms with Gasteiger partial charge in [0.15, 0.2) is 0 Å². The second-order valence-corrected chi connectivity index (χ2v) is 9.14. The highest BCUT2D eigenvalue weighted by Crippen LogP contribution is 2.50. The van der Waals surface area contributed by atoms with Crippen LogP contribution in [0.2, 0.25) is 0 Å². The Morgan fingerprint density at radius 3 is 2.66 bits per heavy atom. The lowest BCUT2D eigenvalue weighted by molar-refractivity contribution is -0.121. The van der Waals surface area contributed by atoms with Crippen molar-refractivity contribution in [2.24, 2.45) is 0 Å². The number of rotatable bonds is 5. The maximum Gasteiger partial charge on any atom is 0.224 e. The van der Waals surface area contributed by atoms with Crippen LogP contribution >= 0.6 is 0 Å². The molecule has 32 heavy (non-hydrogen) atoms. The van der Waals surface area contributed by atoms with Crippen LogP contribution in [0, 0.1) is 5.82 Å². The molecule has 1 fully saturated rings. The van der Waals surface area contributed by atoms with Crippen LogP contribution in [0.5, 0.6) is 0 Å². The Kier molecular flexibility index (Phi) is 5.75. The first kappa shape index (κ1) is 20.8. The lowest BCUT2D eigenvalue weighted by atomic mass is 9.73. The van der Waals surface area contributed by atoms with Crippen molar-refractivity contribution in [1.82, 2.24) is 15.2 Å². The zero-order valence-corrected chi connectivity index (χ0v) is 18.1. The van der Waals surface area contributed by atoms with E-state index in [0.717, 1.165) is 38.9 Å². The van der Waals surface area contributed by atoms with Crippen molar-refractivity contribution in [2.45, 2.75) is 43.7 Å². The van der Waals surface area contributed by atoms with Crippen LogP contribution in [0.3, 0.4) is 0 Å². The van der Waals surface area contributed by atoms with Gasteiger partial charge in [-0.05, 0) is 72.8 Å². The SMILES string of the molecule is O=C(Cc1cccc(F)c1)NC1CC2(CCN(Cc3cccnc3)CC2)c2ccccc21. The van der Waals surface area contributed by atoms with Crippen molar-refractivity contribution in [1.29, 1.82) is 0 Å². The Bertz CT molecular complexity index is 1090. The number of hydrogen-bond acceptors (Lipinski definition) is 3. The van der Waals surface area contributed by atoms with Gasteiger partial charge in [0.1, 0.15) is 5.82 Å². The van der Waals surface area contributed by atoms with Crippen molar-refractivity contribution in [3.05, 3.63) is 101 Å². The molecule has 1 spiro atoms. The van der Waals surface area contributed by atoms with E-state index in [1.165, 1.54) is 28.8 Å². The van der Waals surface area contributed by atoms with Crippen LogP contribution in [0.4, 0.5) is 4.39 Å². The summed E-state index contributed by atoms with van der Waals surface area (Å²) in [7, 11) is 0. The third-order valence-electron chi connectivity index (χ3n) is 7.03. The first-order valence-electron chi connectivity index (χ1n) is 11.4. The van der Waals surface area contributed by atoms with Crippen molar-refractivity contribution in [3.8, 4) is 0 Å². The van der Waals surface area contributed by atoms with Crippen LogP contribution in [0.1, 0.15) is 47.6 Å². The molecule has 2 aliphatic rings. The number of nitrogens with zero attached hydrogens (tertiary/aromatic N) is 2. The fraction of sp³-hybridized carbons (Fsp3) is 0.333. The Balaban J connectivity index is 1.27. The summed E-state index contributed by atoms with van der Waals surface area (Å²) < 4.78 is 13.5. The largest absolute Gasteiger partial charge is 0.349 e. The van der Waals surface area contributed by atoms with E-state index >= 15 is 0 Å². The lowest BCUT2D eigenvalue weighted by Crippen LogP contribution is -2.41. The van der Waals surface area contributed by atoms with E-state index in [0.29, 0.717) is 5.56 Å². The standard InChI is InChI=1S/C27H28FN3O/c28-22-7-3-5-20(15-22)16-26(32)30-25-17-27(24-9-2-1-8-23(24)25)10-13-31(14-11-27)19-21-6-4-12-29-18-21/h1-9,12,15,18,25H,10-11,13-14,16-17,19H2,(H,30,32). The smallest absolute Gasteiger partial charge is 0.224 e. The number of hydrogen-bond donors (Lipinski definition) is 1. The number of nitrogens with one attached hydrogen (secondary N) is 1. The molecule has 1 N–H and O–H groups in total. The van der Waals surface area contributed by atoms with Gasteiger partial charge in [0.05, 0.1) is 12.5 Å². The minimum atomic E-state index is -0.307. The summed E-state index contributed by atoms with van der Waals surface area (Å²) in [6, 6.07) is 19.0. The molecule has 4 nitrogen and oxygen atoms in total. The molecule has 0 radical (unpaired) electrons. The van der Waals surface area contributed by atoms with Crippen LogP contribution in [0.15, 0.2) is 73.1 Å². The molecule has 1 aliphatic heterocycles. The topological polar surface area (TPSA) is 45.2 Å². The summed E-state index contributed by atoms with van der Waals surface area (Å²) in [5.41, 5.74) is 4.68. The first-order valence-corrected chi connectivity index (χ1v) is 11.4. The average Bonchev–Trinajstić information content (AvgIpc) is 3.09. The summed E-state index contributed by atoms with van der Waals surface area (Å²) in [5.74, 6) is -0.361. The van der Waals surface area contributed by atoms with E-state index in [2.05, 4.69) is 45.5 Å². The molecule has 1 aliphatic carbocycles. The monoisotopic (exact) mass is 429 g/mol. The Hall–Kier alpha value is -3.05. The number of pyridine rings is 1. The van der Waals surface area contributed by atoms with E-state index in [9.17, 15) is 9.18 Å². The molecule has 1 unspecified atom stereocenters. The number of halogens is 1. The summed E-state index contributed by atoms with van der Waals surface area (Å²) in [6.45, 7) is 3.00. The molecule has 1 atom stereocenters. The number of fused-ring (bicyclic) bond motifs is 2. The molecule has 2 heterocycles. The van der Waals surface area contributed by atoms with Gasteiger partial charge in [-0.15, -0.1) is 0 Å². The second kappa shape index (κ2) is 8.83. The summed E-state index contributed by atoms with van der Waals surface area (Å²) in [5, 5.41) is 3.24. The Morgan fingerprint density at radius 2 is 1.88 bits per heavy atom. The predicted octanol–water partition coefficient (Wildman–Crippen LogP) is 4.56. The summed E-state index contributed by atoms with van der Waals surface area (Å²) >= 11 is 0. The highest BCUT2D eigenvalue weighted by Gasteiger charge is 2.45. The number of benzene rings is 2. The van der Waals surface area contributed by atoms with E-state index in [1.807, 2.05) is 18.5 Å². The van der Waals surface area contributed by atoms with Gasteiger partial charge in [-0.1, -0.05) is 42.5 Å². The molecule has 3 aromatic rings. The van der Waals surface area contributed by atoms with Crippen LogP contribution < -0.4 is 5.32 Å². The molecule has 0 saturated carbocycles. The van der Waals surface area contributed by atoms with E-state index < -0.39 is 0 Å². The molecule has 5 heteroatoms. The van der Waals surface area contributed by atoms with Gasteiger partial charge in [0.2, 0.25) is 5.91 Å². The van der Waals surface area contributed by atoms with Gasteiger partial charge in [-0.25, -0.2) is 4.39 Å². The number of aromatic nitrogens is 1. The van der Waals surface area contributed by atoms with Gasteiger partial charge in [0.25, 0.3) is 0 Å². The summed E-state index contributed by atoms with van der Waals surface area (Å²) in [4.78, 5) is 19.5. The third kappa shape index (κ3) is 4.30. The molecule has 2 aromatic carbocycles. The van der Waals surface area contributed by atoms with Crippen LogP contribution in [-0.4, -0.2) is 28.9 Å². The quantitative estimate of drug-likeness (QED) is 0.647. The molecule has 164 valence electrons. The fourth-order valence-corrected chi connectivity index (χ4v) is 5.46. The van der Waals surface area contributed by atoms with E-state index in [4.69, 9.17) is 0 Å². The minimum Gasteiger partial charge on any atom is -0.349 e. The van der Waals surface area contributed by atoms with Gasteiger partial charge in [-0.3, -0.25) is 14.7 Å². The number of carbonyl (C=O) groups excluding carboxylic acids is 1. The third-order valence-corrected chi connectivity index (χ3v) is 7.03.